The van der Waals surface area contributed by atoms with Crippen molar-refractivity contribution in [1.82, 2.24) is 0 Å². The number of aliphatic carboxylic acids is 1. The van der Waals surface area contributed by atoms with Gasteiger partial charge in [0.15, 0.2) is 0 Å². The van der Waals surface area contributed by atoms with Crippen molar-refractivity contribution in [2.45, 2.75) is 26.4 Å². The average Bonchev–Trinajstić information content (AvgIpc) is 1.79. The van der Waals surface area contributed by atoms with Crippen LogP contribution in [-0.4, -0.2) is 29.0 Å². The third-order valence-electron chi connectivity index (χ3n) is 0.674. The molecule has 0 unspecified atom stereocenters. The molecule has 0 aliphatic heterocycles. The Morgan fingerprint density at radius 3 is 2.25 bits per heavy atom. The summed E-state index contributed by atoms with van der Waals surface area (Å²) in [5.41, 5.74) is -0.646. The molecule has 1 N–H and O–H groups in total. The van der Waals surface area contributed by atoms with Crippen molar-refractivity contribution in [3.05, 3.63) is 0 Å². The van der Waals surface area contributed by atoms with Crippen molar-refractivity contribution >= 4 is 18.3 Å². The summed E-state index contributed by atoms with van der Waals surface area (Å²) in [6.45, 7) is 5.00. The third kappa shape index (κ3) is 6.73. The van der Waals surface area contributed by atoms with E-state index in [1.165, 1.54) is 0 Å². The maximum Gasteiger partial charge on any atom is 0.434 e. The number of carbonyl (C=O) groups is 2. The van der Waals surface area contributed by atoms with Crippen LogP contribution in [0.25, 0.3) is 0 Å². The SMILES string of the molecule is CC(C)(C)OC(=O)/N=C/C(=O)O. The fourth-order valence-electron chi connectivity index (χ4n) is 0.396. The van der Waals surface area contributed by atoms with E-state index in [1.807, 2.05) is 0 Å². The zero-order valence-electron chi connectivity index (χ0n) is 7.20. The number of hydrogen-bond acceptors (Lipinski definition) is 3. The highest BCUT2D eigenvalue weighted by Gasteiger charge is 2.14. The number of carboxylic acid groups (broad SMARTS) is 1. The highest BCUT2D eigenvalue weighted by Crippen LogP contribution is 2.07. The van der Waals surface area contributed by atoms with Crippen LogP contribution in [0.15, 0.2) is 4.99 Å². The van der Waals surface area contributed by atoms with Crippen LogP contribution < -0.4 is 0 Å². The quantitative estimate of drug-likeness (QED) is 0.602. The Morgan fingerprint density at radius 1 is 1.42 bits per heavy atom. The first-order chi connectivity index (χ1) is 5.31. The van der Waals surface area contributed by atoms with Gasteiger partial charge in [-0.25, -0.2) is 9.59 Å². The van der Waals surface area contributed by atoms with Crippen molar-refractivity contribution in [2.24, 2.45) is 4.99 Å². The van der Waals surface area contributed by atoms with Crippen LogP contribution in [0, 0.1) is 0 Å². The maximum atomic E-state index is 10.7. The molecule has 0 saturated heterocycles. The molecule has 0 saturated carbocycles. The fourth-order valence-corrected chi connectivity index (χ4v) is 0.396. The Balaban J connectivity index is 3.99. The van der Waals surface area contributed by atoms with Gasteiger partial charge in [-0.3, -0.25) is 0 Å². The van der Waals surface area contributed by atoms with Crippen LogP contribution in [0.5, 0.6) is 0 Å². The highest BCUT2D eigenvalue weighted by molar-refractivity contribution is 6.23. The van der Waals surface area contributed by atoms with Crippen molar-refractivity contribution in [1.29, 1.82) is 0 Å². The summed E-state index contributed by atoms with van der Waals surface area (Å²) in [5.74, 6) is -1.28. The minimum Gasteiger partial charge on any atom is -0.477 e. The smallest absolute Gasteiger partial charge is 0.434 e. The fraction of sp³-hybridized carbons (Fsp3) is 0.571. The number of hydrogen-bond donors (Lipinski definition) is 1. The van der Waals surface area contributed by atoms with Gasteiger partial charge in [-0.2, -0.15) is 4.99 Å². The molecule has 5 heteroatoms. The van der Waals surface area contributed by atoms with E-state index in [4.69, 9.17) is 5.11 Å². The van der Waals surface area contributed by atoms with E-state index >= 15 is 0 Å². The molecular weight excluding hydrogens is 162 g/mol. The van der Waals surface area contributed by atoms with Gasteiger partial charge < -0.3 is 9.84 Å². The number of aliphatic imine (C=N–C) groups is 1. The zero-order chi connectivity index (χ0) is 9.78. The van der Waals surface area contributed by atoms with Gasteiger partial charge >= 0.3 is 12.1 Å². The molecule has 0 aromatic carbocycles. The Morgan fingerprint density at radius 2 is 1.92 bits per heavy atom. The Bertz CT molecular complexity index is 214. The number of nitrogens with zero attached hydrogens (tertiary/aromatic N) is 1. The molecule has 1 amide bonds. The largest absolute Gasteiger partial charge is 0.477 e. The van der Waals surface area contributed by atoms with Gasteiger partial charge in [0.25, 0.3) is 0 Å². The normalized spacial score (nSPS) is 11.6. The monoisotopic (exact) mass is 173 g/mol. The van der Waals surface area contributed by atoms with E-state index in [1.54, 1.807) is 20.8 Å². The highest BCUT2D eigenvalue weighted by atomic mass is 16.6. The van der Waals surface area contributed by atoms with Crippen molar-refractivity contribution in [2.75, 3.05) is 0 Å². The van der Waals surface area contributed by atoms with Gasteiger partial charge in [-0.15, -0.1) is 0 Å². The van der Waals surface area contributed by atoms with Crippen LogP contribution in [0.1, 0.15) is 20.8 Å². The summed E-state index contributed by atoms with van der Waals surface area (Å²) in [4.78, 5) is 23.6. The molecule has 0 aromatic heterocycles. The van der Waals surface area contributed by atoms with Gasteiger partial charge in [0.1, 0.15) is 11.8 Å². The minimum absolute atomic E-state index is 0.494. The van der Waals surface area contributed by atoms with Crippen molar-refractivity contribution in [3.63, 3.8) is 0 Å². The van der Waals surface area contributed by atoms with Crippen molar-refractivity contribution in [3.8, 4) is 0 Å². The standard InChI is InChI=1S/C7H11NO4/c1-7(2,3)12-6(11)8-4-5(9)10/h4H,1-3H3,(H,9,10)/b8-4+. The van der Waals surface area contributed by atoms with Crippen molar-refractivity contribution < 1.29 is 19.4 Å². The number of rotatable bonds is 1. The number of carbonyl (C=O) groups excluding carboxylic acids is 1. The first kappa shape index (κ1) is 10.6. The molecule has 5 nitrogen and oxygen atoms in total. The lowest BCUT2D eigenvalue weighted by atomic mass is 10.2. The topological polar surface area (TPSA) is 76.0 Å². The molecule has 0 aliphatic rings. The lowest BCUT2D eigenvalue weighted by Gasteiger charge is -2.16. The molecule has 0 atom stereocenters. The second-order valence-corrected chi connectivity index (χ2v) is 3.08. The molecule has 12 heavy (non-hydrogen) atoms. The van der Waals surface area contributed by atoms with E-state index in [9.17, 15) is 9.59 Å². The summed E-state index contributed by atoms with van der Waals surface area (Å²) < 4.78 is 4.69. The van der Waals surface area contributed by atoms with Gasteiger partial charge in [-0.1, -0.05) is 0 Å². The Kier molecular flexibility index (Phi) is 3.40. The van der Waals surface area contributed by atoms with Gasteiger partial charge in [0.05, 0.1) is 0 Å². The van der Waals surface area contributed by atoms with E-state index in [2.05, 4.69) is 9.73 Å². The maximum absolute atomic E-state index is 10.7. The summed E-state index contributed by atoms with van der Waals surface area (Å²) in [7, 11) is 0. The molecule has 0 radical (unpaired) electrons. The molecule has 68 valence electrons. The molecule has 0 aliphatic carbocycles. The summed E-state index contributed by atoms with van der Waals surface area (Å²) in [5, 5.41) is 8.10. The van der Waals surface area contributed by atoms with Crippen LogP contribution >= 0.6 is 0 Å². The zero-order valence-corrected chi connectivity index (χ0v) is 7.20. The lowest BCUT2D eigenvalue weighted by Crippen LogP contribution is -2.22. The molecule has 0 rings (SSSR count). The van der Waals surface area contributed by atoms with E-state index in [0.29, 0.717) is 6.21 Å². The van der Waals surface area contributed by atoms with E-state index < -0.39 is 17.7 Å². The lowest BCUT2D eigenvalue weighted by molar-refractivity contribution is -0.128. The number of carboxylic acids is 1. The summed E-state index contributed by atoms with van der Waals surface area (Å²) in [6.07, 6.45) is -0.404. The van der Waals surface area contributed by atoms with Gasteiger partial charge in [0, 0.05) is 0 Å². The van der Waals surface area contributed by atoms with Crippen LogP contribution in [0.4, 0.5) is 4.79 Å². The Labute approximate surface area is 70.1 Å². The van der Waals surface area contributed by atoms with E-state index in [-0.39, 0.29) is 0 Å². The van der Waals surface area contributed by atoms with Crippen LogP contribution in [0.3, 0.4) is 0 Å². The second-order valence-electron chi connectivity index (χ2n) is 3.08. The number of ether oxygens (including phenoxy) is 1. The second kappa shape index (κ2) is 3.85. The van der Waals surface area contributed by atoms with E-state index in [0.717, 1.165) is 0 Å². The molecule has 0 heterocycles. The molecule has 0 bridgehead atoms. The van der Waals surface area contributed by atoms with Crippen LogP contribution in [-0.2, 0) is 9.53 Å². The summed E-state index contributed by atoms with van der Waals surface area (Å²) in [6, 6.07) is 0. The Hall–Kier alpha value is -1.39. The van der Waals surface area contributed by atoms with Gasteiger partial charge in [0.2, 0.25) is 0 Å². The first-order valence-electron chi connectivity index (χ1n) is 3.31. The molecule has 0 spiro atoms. The third-order valence-corrected chi connectivity index (χ3v) is 0.674. The summed E-state index contributed by atoms with van der Waals surface area (Å²) >= 11 is 0. The predicted molar refractivity (Wildman–Crippen MR) is 42.4 cm³/mol. The average molecular weight is 173 g/mol. The predicted octanol–water partition coefficient (Wildman–Crippen LogP) is 1.08. The van der Waals surface area contributed by atoms with Crippen LogP contribution in [0.2, 0.25) is 0 Å². The number of amides is 1. The molecule has 0 fully saturated rings. The van der Waals surface area contributed by atoms with Gasteiger partial charge in [-0.05, 0) is 20.8 Å². The molecule has 0 aromatic rings. The first-order valence-corrected chi connectivity index (χ1v) is 3.31. The molecular formula is C7H11NO4. The minimum atomic E-state index is -1.28.